The molecule has 2 nitrogen and oxygen atoms in total. The SMILES string of the molecule is CCc1ccc2nc3c(c(C(C)(C)O)c2c1)CCC3. The van der Waals surface area contributed by atoms with Gasteiger partial charge in [0.1, 0.15) is 0 Å². The van der Waals surface area contributed by atoms with Crippen molar-refractivity contribution in [2.45, 2.75) is 52.1 Å². The van der Waals surface area contributed by atoms with Crippen molar-refractivity contribution in [1.29, 1.82) is 0 Å². The summed E-state index contributed by atoms with van der Waals surface area (Å²) in [7, 11) is 0. The average molecular weight is 255 g/mol. The number of hydrogen-bond acceptors (Lipinski definition) is 2. The molecular formula is C17H21NO. The Bertz CT molecular complexity index is 638. The smallest absolute Gasteiger partial charge is 0.0850 e. The first-order valence-electron chi connectivity index (χ1n) is 7.18. The maximum atomic E-state index is 10.6. The number of hydrogen-bond donors (Lipinski definition) is 1. The van der Waals surface area contributed by atoms with E-state index >= 15 is 0 Å². The molecule has 0 amide bonds. The molecule has 0 atom stereocenters. The lowest BCUT2D eigenvalue weighted by Crippen LogP contribution is -2.19. The molecular weight excluding hydrogens is 234 g/mol. The van der Waals surface area contributed by atoms with Crippen LogP contribution in [0, 0.1) is 0 Å². The van der Waals surface area contributed by atoms with Crippen LogP contribution in [0.4, 0.5) is 0 Å². The summed E-state index contributed by atoms with van der Waals surface area (Å²) in [5.74, 6) is 0. The summed E-state index contributed by atoms with van der Waals surface area (Å²) >= 11 is 0. The molecule has 1 aliphatic carbocycles. The maximum absolute atomic E-state index is 10.6. The second-order valence-electron chi connectivity index (χ2n) is 6.03. The molecule has 0 spiro atoms. The summed E-state index contributed by atoms with van der Waals surface area (Å²) in [5, 5.41) is 11.7. The minimum atomic E-state index is -0.804. The van der Waals surface area contributed by atoms with Crippen LogP contribution in [0.3, 0.4) is 0 Å². The van der Waals surface area contributed by atoms with Crippen LogP contribution in [0.5, 0.6) is 0 Å². The number of pyridine rings is 1. The predicted octanol–water partition coefficient (Wildman–Crippen LogP) is 3.51. The third-order valence-corrected chi connectivity index (χ3v) is 4.10. The van der Waals surface area contributed by atoms with Gasteiger partial charge in [-0.3, -0.25) is 4.98 Å². The van der Waals surface area contributed by atoms with Crippen LogP contribution in [0.2, 0.25) is 0 Å². The second-order valence-corrected chi connectivity index (χ2v) is 6.03. The molecule has 0 fully saturated rings. The quantitative estimate of drug-likeness (QED) is 0.890. The summed E-state index contributed by atoms with van der Waals surface area (Å²) in [6.45, 7) is 5.93. The lowest BCUT2D eigenvalue weighted by Gasteiger charge is -2.24. The van der Waals surface area contributed by atoms with E-state index < -0.39 is 5.60 Å². The van der Waals surface area contributed by atoms with Crippen LogP contribution in [0.25, 0.3) is 10.9 Å². The summed E-state index contributed by atoms with van der Waals surface area (Å²) < 4.78 is 0. The Kier molecular flexibility index (Phi) is 2.86. The van der Waals surface area contributed by atoms with Crippen molar-refractivity contribution >= 4 is 10.9 Å². The molecule has 19 heavy (non-hydrogen) atoms. The molecule has 0 saturated heterocycles. The number of aromatic nitrogens is 1. The van der Waals surface area contributed by atoms with E-state index in [-0.39, 0.29) is 0 Å². The van der Waals surface area contributed by atoms with Crippen molar-refractivity contribution in [3.05, 3.63) is 40.6 Å². The largest absolute Gasteiger partial charge is 0.386 e. The Morgan fingerprint density at radius 3 is 2.74 bits per heavy atom. The average Bonchev–Trinajstić information content (AvgIpc) is 2.80. The molecule has 100 valence electrons. The fourth-order valence-corrected chi connectivity index (χ4v) is 3.23. The van der Waals surface area contributed by atoms with E-state index in [1.807, 2.05) is 13.8 Å². The molecule has 0 radical (unpaired) electrons. The van der Waals surface area contributed by atoms with Crippen molar-refractivity contribution in [2.24, 2.45) is 0 Å². The number of benzene rings is 1. The van der Waals surface area contributed by atoms with Gasteiger partial charge >= 0.3 is 0 Å². The van der Waals surface area contributed by atoms with Crippen LogP contribution in [-0.4, -0.2) is 10.1 Å². The molecule has 0 saturated carbocycles. The minimum Gasteiger partial charge on any atom is -0.386 e. The van der Waals surface area contributed by atoms with E-state index in [1.165, 1.54) is 16.8 Å². The number of aryl methyl sites for hydroxylation is 2. The molecule has 1 aliphatic rings. The lowest BCUT2D eigenvalue weighted by molar-refractivity contribution is 0.0792. The van der Waals surface area contributed by atoms with E-state index in [9.17, 15) is 5.11 Å². The van der Waals surface area contributed by atoms with Crippen LogP contribution >= 0.6 is 0 Å². The predicted molar refractivity (Wildman–Crippen MR) is 78.4 cm³/mol. The van der Waals surface area contributed by atoms with Crippen LogP contribution in [0.1, 0.15) is 49.6 Å². The Morgan fingerprint density at radius 2 is 2.05 bits per heavy atom. The molecule has 1 aromatic heterocycles. The molecule has 1 heterocycles. The Hall–Kier alpha value is -1.41. The molecule has 0 aliphatic heterocycles. The Morgan fingerprint density at radius 1 is 1.26 bits per heavy atom. The van der Waals surface area contributed by atoms with E-state index in [2.05, 4.69) is 25.1 Å². The van der Waals surface area contributed by atoms with Gasteiger partial charge in [0.2, 0.25) is 0 Å². The van der Waals surface area contributed by atoms with E-state index in [0.29, 0.717) is 0 Å². The highest BCUT2D eigenvalue weighted by Crippen LogP contribution is 2.36. The first-order valence-corrected chi connectivity index (χ1v) is 7.18. The Balaban J connectivity index is 2.39. The third kappa shape index (κ3) is 2.04. The fraction of sp³-hybridized carbons (Fsp3) is 0.471. The molecule has 0 bridgehead atoms. The van der Waals surface area contributed by atoms with Gasteiger partial charge in [0, 0.05) is 11.1 Å². The maximum Gasteiger partial charge on any atom is 0.0850 e. The van der Waals surface area contributed by atoms with Gasteiger partial charge in [-0.05, 0) is 68.4 Å². The lowest BCUT2D eigenvalue weighted by atomic mass is 9.88. The van der Waals surface area contributed by atoms with Gasteiger partial charge in [-0.15, -0.1) is 0 Å². The molecule has 2 heteroatoms. The molecule has 1 aromatic carbocycles. The molecule has 3 rings (SSSR count). The van der Waals surface area contributed by atoms with Crippen molar-refractivity contribution < 1.29 is 5.11 Å². The van der Waals surface area contributed by atoms with Gasteiger partial charge in [0.25, 0.3) is 0 Å². The summed E-state index contributed by atoms with van der Waals surface area (Å²) in [4.78, 5) is 4.79. The topological polar surface area (TPSA) is 33.1 Å². The molecule has 0 unspecified atom stereocenters. The normalized spacial score (nSPS) is 14.9. The van der Waals surface area contributed by atoms with Crippen molar-refractivity contribution in [3.63, 3.8) is 0 Å². The van der Waals surface area contributed by atoms with Crippen LogP contribution < -0.4 is 0 Å². The highest BCUT2D eigenvalue weighted by molar-refractivity contribution is 5.85. The summed E-state index contributed by atoms with van der Waals surface area (Å²) in [6.07, 6.45) is 4.26. The zero-order valence-electron chi connectivity index (χ0n) is 12.0. The van der Waals surface area contributed by atoms with Gasteiger partial charge < -0.3 is 5.11 Å². The van der Waals surface area contributed by atoms with Gasteiger partial charge in [0.15, 0.2) is 0 Å². The van der Waals surface area contributed by atoms with E-state index in [4.69, 9.17) is 4.98 Å². The molecule has 1 N–H and O–H groups in total. The van der Waals surface area contributed by atoms with Crippen molar-refractivity contribution in [2.75, 3.05) is 0 Å². The van der Waals surface area contributed by atoms with Crippen molar-refractivity contribution in [3.8, 4) is 0 Å². The summed E-state index contributed by atoms with van der Waals surface area (Å²) in [6, 6.07) is 6.45. The van der Waals surface area contributed by atoms with Gasteiger partial charge in [-0.1, -0.05) is 13.0 Å². The number of rotatable bonds is 2. The first-order chi connectivity index (χ1) is 9.00. The third-order valence-electron chi connectivity index (χ3n) is 4.10. The highest BCUT2D eigenvalue weighted by Gasteiger charge is 2.28. The standard InChI is InChI=1S/C17H21NO/c1-4-11-8-9-15-13(10-11)16(17(2,3)19)12-6-5-7-14(12)18-15/h8-10,19H,4-7H2,1-3H3. The monoisotopic (exact) mass is 255 g/mol. The van der Waals surface area contributed by atoms with Crippen molar-refractivity contribution in [1.82, 2.24) is 4.98 Å². The Labute approximate surface area is 114 Å². The first kappa shape index (κ1) is 12.6. The second kappa shape index (κ2) is 4.31. The zero-order chi connectivity index (χ0) is 13.6. The van der Waals surface area contributed by atoms with E-state index in [1.54, 1.807) is 0 Å². The summed E-state index contributed by atoms with van der Waals surface area (Å²) in [5.41, 5.74) is 5.09. The van der Waals surface area contributed by atoms with E-state index in [0.717, 1.165) is 42.1 Å². The number of fused-ring (bicyclic) bond motifs is 2. The molecule has 2 aromatic rings. The van der Waals surface area contributed by atoms with Crippen LogP contribution in [-0.2, 0) is 24.9 Å². The van der Waals surface area contributed by atoms with Gasteiger partial charge in [-0.2, -0.15) is 0 Å². The number of nitrogens with zero attached hydrogens (tertiary/aromatic N) is 1. The highest BCUT2D eigenvalue weighted by atomic mass is 16.3. The minimum absolute atomic E-state index is 0.804. The zero-order valence-corrected chi connectivity index (χ0v) is 12.0. The number of aliphatic hydroxyl groups is 1. The fourth-order valence-electron chi connectivity index (χ4n) is 3.23. The van der Waals surface area contributed by atoms with Gasteiger partial charge in [0.05, 0.1) is 11.1 Å². The van der Waals surface area contributed by atoms with Crippen LogP contribution in [0.15, 0.2) is 18.2 Å². The van der Waals surface area contributed by atoms with Gasteiger partial charge in [-0.25, -0.2) is 0 Å².